The molecule has 1 saturated heterocycles. The topological polar surface area (TPSA) is 93.0 Å². The van der Waals surface area contributed by atoms with Crippen LogP contribution in [0.2, 0.25) is 0 Å². The predicted octanol–water partition coefficient (Wildman–Crippen LogP) is 3.60. The van der Waals surface area contributed by atoms with Gasteiger partial charge in [-0.05, 0) is 48.0 Å². The van der Waals surface area contributed by atoms with E-state index < -0.39 is 7.49 Å². The second-order valence-corrected chi connectivity index (χ2v) is 11.7. The van der Waals surface area contributed by atoms with Crippen molar-refractivity contribution in [3.8, 4) is 6.07 Å². The van der Waals surface area contributed by atoms with Crippen LogP contribution < -0.4 is 15.8 Å². The fraction of sp³-hybridized carbons (Fsp3) is 0.192. The molecule has 0 spiro atoms. The van der Waals surface area contributed by atoms with Gasteiger partial charge in [-0.3, -0.25) is 4.79 Å². The molecule has 2 heterocycles. The summed E-state index contributed by atoms with van der Waals surface area (Å²) in [5.74, 6) is -0.384. The van der Waals surface area contributed by atoms with E-state index in [-0.39, 0.29) is 11.4 Å². The third-order valence-electron chi connectivity index (χ3n) is 6.45. The molecule has 0 unspecified atom stereocenters. The van der Waals surface area contributed by atoms with E-state index in [2.05, 4.69) is 21.2 Å². The van der Waals surface area contributed by atoms with E-state index in [1.54, 1.807) is 30.3 Å². The molecule has 8 heteroatoms. The van der Waals surface area contributed by atoms with Gasteiger partial charge < -0.3 is 9.79 Å². The summed E-state index contributed by atoms with van der Waals surface area (Å²) < 4.78 is 14.9. The van der Waals surface area contributed by atoms with E-state index in [9.17, 15) is 14.1 Å². The highest BCUT2D eigenvalue weighted by Crippen LogP contribution is 2.55. The summed E-state index contributed by atoms with van der Waals surface area (Å²) in [6, 6.07) is 21.7. The molecule has 5 rings (SSSR count). The molecule has 0 atom stereocenters. The van der Waals surface area contributed by atoms with Crippen molar-refractivity contribution in [1.29, 1.82) is 5.26 Å². The van der Waals surface area contributed by atoms with Gasteiger partial charge in [-0.2, -0.15) is 10.4 Å². The van der Waals surface area contributed by atoms with Crippen LogP contribution in [0.1, 0.15) is 16.8 Å². The first-order chi connectivity index (χ1) is 16.5. The summed E-state index contributed by atoms with van der Waals surface area (Å²) in [5.41, 5.74) is 2.90. The molecular formula is C26H23FN4O2P. The number of benzene rings is 3. The molecule has 171 valence electrons. The lowest BCUT2D eigenvalue weighted by molar-refractivity contribution is 0.586. The molecule has 34 heavy (non-hydrogen) atoms. The molecule has 2 N–H and O–H groups in total. The second kappa shape index (κ2) is 8.98. The van der Waals surface area contributed by atoms with E-state index in [0.717, 1.165) is 16.6 Å². The van der Waals surface area contributed by atoms with Crippen molar-refractivity contribution in [1.82, 2.24) is 10.2 Å². The van der Waals surface area contributed by atoms with E-state index >= 15 is 0 Å². The zero-order valence-corrected chi connectivity index (χ0v) is 19.3. The molecule has 1 fully saturated rings. The molecule has 0 bridgehead atoms. The fourth-order valence-corrected chi connectivity index (χ4v) is 7.26. The van der Waals surface area contributed by atoms with Crippen LogP contribution >= 0.6 is 7.49 Å². The van der Waals surface area contributed by atoms with Gasteiger partial charge in [0.1, 0.15) is 5.82 Å². The van der Waals surface area contributed by atoms with Crippen LogP contribution in [0, 0.1) is 17.1 Å². The Morgan fingerprint density at radius 3 is 2.47 bits per heavy atom. The van der Waals surface area contributed by atoms with Crippen molar-refractivity contribution in [3.05, 3.63) is 99.7 Å². The SMILES string of the molecule is N#Cc1ccc(N2CC[P](O)(c3cc(Cc4n[nH]c(=O)c5ccccc45)ccc3F)CC2)cc1. The average molecular weight is 473 g/mol. The standard InChI is InChI=1S/C26H23FN4O2P/c27-23-10-7-19(15-24-21-3-1-2-4-22(21)26(32)30-29-24)16-25(23)34(33)13-11-31(12-14-34)20-8-5-18(17-28)6-9-20/h1-10,16,33H,11-15H2,(H,30,32). The molecule has 1 aliphatic heterocycles. The first kappa shape index (κ1) is 22.2. The van der Waals surface area contributed by atoms with Gasteiger partial charge >= 0.3 is 0 Å². The van der Waals surface area contributed by atoms with Crippen LogP contribution in [-0.2, 0) is 6.42 Å². The van der Waals surface area contributed by atoms with Crippen LogP contribution in [0.3, 0.4) is 0 Å². The second-order valence-electron chi connectivity index (χ2n) is 8.52. The Hall–Kier alpha value is -3.59. The average Bonchev–Trinajstić information content (AvgIpc) is 2.87. The summed E-state index contributed by atoms with van der Waals surface area (Å²) in [4.78, 5) is 25.7. The molecule has 1 radical (unpaired) electrons. The van der Waals surface area contributed by atoms with E-state index in [1.165, 1.54) is 6.07 Å². The molecule has 1 aliphatic rings. The quantitative estimate of drug-likeness (QED) is 0.442. The van der Waals surface area contributed by atoms with E-state index in [1.807, 2.05) is 30.3 Å². The monoisotopic (exact) mass is 473 g/mol. The highest BCUT2D eigenvalue weighted by molar-refractivity contribution is 7.77. The predicted molar refractivity (Wildman–Crippen MR) is 133 cm³/mol. The van der Waals surface area contributed by atoms with Gasteiger partial charge in [0.05, 0.1) is 22.7 Å². The summed E-state index contributed by atoms with van der Waals surface area (Å²) in [5, 5.41) is 17.5. The molecule has 0 amide bonds. The van der Waals surface area contributed by atoms with Crippen LogP contribution in [0.25, 0.3) is 10.8 Å². The number of fused-ring (bicyclic) bond motifs is 1. The minimum Gasteiger partial charge on any atom is -0.375 e. The number of rotatable bonds is 4. The minimum absolute atomic E-state index is 0.242. The Morgan fingerprint density at radius 2 is 1.76 bits per heavy atom. The minimum atomic E-state index is -2.66. The van der Waals surface area contributed by atoms with Gasteiger partial charge in [-0.15, -0.1) is 0 Å². The first-order valence-electron chi connectivity index (χ1n) is 11.1. The Labute approximate surface area is 196 Å². The number of nitrogens with one attached hydrogen (secondary N) is 1. The number of hydrogen-bond donors (Lipinski definition) is 2. The number of aromatic nitrogens is 2. The molecule has 0 aliphatic carbocycles. The van der Waals surface area contributed by atoms with Crippen molar-refractivity contribution >= 4 is 29.3 Å². The zero-order valence-electron chi connectivity index (χ0n) is 18.4. The van der Waals surface area contributed by atoms with Crippen LogP contribution in [0.4, 0.5) is 10.1 Å². The molecule has 4 aromatic rings. The van der Waals surface area contributed by atoms with Crippen LogP contribution in [0.15, 0.2) is 71.5 Å². The Bertz CT molecular complexity index is 1450. The maximum atomic E-state index is 14.9. The fourth-order valence-electron chi connectivity index (χ4n) is 4.53. The summed E-state index contributed by atoms with van der Waals surface area (Å²) >= 11 is 0. The normalized spacial score (nSPS) is 15.3. The number of halogens is 1. The number of aromatic amines is 1. The number of nitrogens with zero attached hydrogens (tertiary/aromatic N) is 3. The number of hydrogen-bond acceptors (Lipinski definition) is 5. The van der Waals surface area contributed by atoms with Gasteiger partial charge in [-0.1, -0.05) is 24.3 Å². The van der Waals surface area contributed by atoms with Crippen molar-refractivity contribution in [3.63, 3.8) is 0 Å². The van der Waals surface area contributed by atoms with Gasteiger partial charge in [-0.25, -0.2) is 9.49 Å². The summed E-state index contributed by atoms with van der Waals surface area (Å²) in [7, 11) is -2.66. The van der Waals surface area contributed by atoms with Gasteiger partial charge in [0.15, 0.2) is 0 Å². The lowest BCUT2D eigenvalue weighted by Crippen LogP contribution is -2.40. The third kappa shape index (κ3) is 4.19. The van der Waals surface area contributed by atoms with Crippen LogP contribution in [0.5, 0.6) is 0 Å². The maximum Gasteiger partial charge on any atom is 0.272 e. The van der Waals surface area contributed by atoms with Crippen molar-refractivity contribution in [2.75, 3.05) is 30.3 Å². The summed E-state index contributed by atoms with van der Waals surface area (Å²) in [6.07, 6.45) is 1.41. The first-order valence-corrected chi connectivity index (χ1v) is 13.2. The van der Waals surface area contributed by atoms with Gasteiger partial charge in [0.25, 0.3) is 5.56 Å². The van der Waals surface area contributed by atoms with E-state index in [0.29, 0.717) is 53.8 Å². The van der Waals surface area contributed by atoms with E-state index in [4.69, 9.17) is 5.26 Å². The Morgan fingerprint density at radius 1 is 1.06 bits per heavy atom. The van der Waals surface area contributed by atoms with Gasteiger partial charge in [0.2, 0.25) is 0 Å². The molecule has 3 aromatic carbocycles. The largest absolute Gasteiger partial charge is 0.375 e. The highest BCUT2D eigenvalue weighted by atomic mass is 31.2. The third-order valence-corrected chi connectivity index (χ3v) is 9.57. The molecular weight excluding hydrogens is 450 g/mol. The molecule has 6 nitrogen and oxygen atoms in total. The lowest BCUT2D eigenvalue weighted by atomic mass is 10.0. The van der Waals surface area contributed by atoms with Gasteiger partial charge in [0, 0.05) is 55.7 Å². The Kier molecular flexibility index (Phi) is 5.87. The zero-order chi connectivity index (χ0) is 23.7. The van der Waals surface area contributed by atoms with Crippen molar-refractivity contribution < 1.29 is 9.28 Å². The van der Waals surface area contributed by atoms with Crippen molar-refractivity contribution in [2.24, 2.45) is 0 Å². The Balaban J connectivity index is 1.38. The summed E-state index contributed by atoms with van der Waals surface area (Å²) in [6.45, 7) is 1.23. The number of anilines is 1. The highest BCUT2D eigenvalue weighted by Gasteiger charge is 2.34. The number of H-pyrrole nitrogens is 1. The smallest absolute Gasteiger partial charge is 0.272 e. The number of nitriles is 1. The van der Waals surface area contributed by atoms with Crippen molar-refractivity contribution in [2.45, 2.75) is 6.42 Å². The maximum absolute atomic E-state index is 14.9. The lowest BCUT2D eigenvalue weighted by Gasteiger charge is -2.41. The molecule has 1 aromatic heterocycles. The van der Waals surface area contributed by atoms with Crippen LogP contribution in [-0.4, -0.2) is 40.5 Å². The molecule has 0 saturated carbocycles.